The van der Waals surface area contributed by atoms with E-state index < -0.39 is 0 Å². The van der Waals surface area contributed by atoms with Crippen molar-refractivity contribution >= 4 is 17.2 Å². The molecule has 0 aliphatic carbocycles. The van der Waals surface area contributed by atoms with Crippen molar-refractivity contribution in [2.24, 2.45) is 0 Å². The van der Waals surface area contributed by atoms with E-state index in [-0.39, 0.29) is 12.5 Å². The van der Waals surface area contributed by atoms with E-state index in [0.717, 1.165) is 21.6 Å². The highest BCUT2D eigenvalue weighted by Crippen LogP contribution is 2.19. The summed E-state index contributed by atoms with van der Waals surface area (Å²) in [6.45, 7) is 2.27. The molecule has 2 aromatic rings. The Balaban J connectivity index is 2.18. The molecule has 0 aliphatic rings. The minimum absolute atomic E-state index is 0.0208. The molecule has 1 aromatic heterocycles. The van der Waals surface area contributed by atoms with Gasteiger partial charge in [0.05, 0.1) is 4.88 Å². The monoisotopic (exact) mass is 299 g/mol. The fourth-order valence-electron chi connectivity index (χ4n) is 2.01. The molecule has 0 unspecified atom stereocenters. The van der Waals surface area contributed by atoms with Crippen molar-refractivity contribution in [1.29, 1.82) is 0 Å². The number of hydrogen-bond acceptors (Lipinski definition) is 3. The van der Waals surface area contributed by atoms with Gasteiger partial charge in [-0.05, 0) is 35.6 Å². The minimum Gasteiger partial charge on any atom is -0.384 e. The lowest BCUT2D eigenvalue weighted by atomic mass is 10.1. The zero-order chi connectivity index (χ0) is 15.2. The van der Waals surface area contributed by atoms with Crippen LogP contribution in [0.1, 0.15) is 26.4 Å². The van der Waals surface area contributed by atoms with Crippen LogP contribution < -0.4 is 0 Å². The largest absolute Gasteiger partial charge is 0.384 e. The number of amides is 1. The molecule has 21 heavy (non-hydrogen) atoms. The van der Waals surface area contributed by atoms with Gasteiger partial charge in [0.15, 0.2) is 0 Å². The summed E-state index contributed by atoms with van der Waals surface area (Å²) in [6, 6.07) is 9.62. The van der Waals surface area contributed by atoms with Crippen LogP contribution >= 0.6 is 11.3 Å². The highest BCUT2D eigenvalue weighted by atomic mass is 32.1. The Kier molecular flexibility index (Phi) is 5.15. The zero-order valence-electron chi connectivity index (χ0n) is 12.1. The van der Waals surface area contributed by atoms with Gasteiger partial charge in [0.25, 0.3) is 5.91 Å². The van der Waals surface area contributed by atoms with E-state index in [4.69, 9.17) is 5.11 Å². The van der Waals surface area contributed by atoms with Crippen LogP contribution in [-0.2, 0) is 6.54 Å². The maximum Gasteiger partial charge on any atom is 0.264 e. The smallest absolute Gasteiger partial charge is 0.264 e. The van der Waals surface area contributed by atoms with Gasteiger partial charge in [-0.15, -0.1) is 11.3 Å². The first-order valence-electron chi connectivity index (χ1n) is 6.60. The highest BCUT2D eigenvalue weighted by molar-refractivity contribution is 7.12. The second-order valence-corrected chi connectivity index (χ2v) is 5.63. The second-order valence-electron chi connectivity index (χ2n) is 4.71. The second kappa shape index (κ2) is 7.07. The molecule has 1 heterocycles. The molecular formula is C17H17NO2S. The number of aliphatic hydroxyl groups is 1. The van der Waals surface area contributed by atoms with Gasteiger partial charge in [-0.2, -0.15) is 0 Å². The fraction of sp³-hybridized carbons (Fsp3) is 0.235. The molecule has 4 heteroatoms. The van der Waals surface area contributed by atoms with Gasteiger partial charge in [-0.25, -0.2) is 0 Å². The van der Waals surface area contributed by atoms with Crippen LogP contribution in [0.2, 0.25) is 0 Å². The molecule has 0 aliphatic heterocycles. The summed E-state index contributed by atoms with van der Waals surface area (Å²) in [5.74, 6) is 5.59. The lowest BCUT2D eigenvalue weighted by Gasteiger charge is -2.18. The van der Waals surface area contributed by atoms with E-state index in [1.807, 2.05) is 42.6 Å². The first-order valence-corrected chi connectivity index (χ1v) is 7.48. The third kappa shape index (κ3) is 3.72. The summed E-state index contributed by atoms with van der Waals surface area (Å²) >= 11 is 1.46. The molecule has 1 aromatic carbocycles. The summed E-state index contributed by atoms with van der Waals surface area (Å²) in [7, 11) is 1.79. The van der Waals surface area contributed by atoms with Crippen molar-refractivity contribution in [1.82, 2.24) is 4.90 Å². The summed E-state index contributed by atoms with van der Waals surface area (Å²) in [5, 5.41) is 10.7. The molecule has 2 rings (SSSR count). The standard InChI is InChI=1S/C17H17NO2S/c1-13-9-11-21-16(13)17(20)18(2)12-15-7-4-3-6-14(15)8-5-10-19/h3-4,6-7,9,11,19H,10,12H2,1-2H3. The third-order valence-corrected chi connectivity index (χ3v) is 4.13. The number of carbonyl (C=O) groups is 1. The molecular weight excluding hydrogens is 282 g/mol. The highest BCUT2D eigenvalue weighted by Gasteiger charge is 2.16. The van der Waals surface area contributed by atoms with Crippen molar-refractivity contribution in [2.75, 3.05) is 13.7 Å². The number of rotatable bonds is 3. The first-order chi connectivity index (χ1) is 10.1. The van der Waals surface area contributed by atoms with Crippen LogP contribution in [0.3, 0.4) is 0 Å². The predicted octanol–water partition coefficient (Wildman–Crippen LogP) is 2.67. The Bertz CT molecular complexity index is 694. The van der Waals surface area contributed by atoms with E-state index in [1.165, 1.54) is 11.3 Å². The Labute approximate surface area is 128 Å². The fourth-order valence-corrected chi connectivity index (χ4v) is 2.93. The van der Waals surface area contributed by atoms with Crippen molar-refractivity contribution in [3.05, 3.63) is 57.3 Å². The van der Waals surface area contributed by atoms with Crippen molar-refractivity contribution in [2.45, 2.75) is 13.5 Å². The van der Waals surface area contributed by atoms with Crippen LogP contribution in [0.15, 0.2) is 35.7 Å². The average molecular weight is 299 g/mol. The molecule has 0 atom stereocenters. The summed E-state index contributed by atoms with van der Waals surface area (Å²) in [5.41, 5.74) is 2.82. The molecule has 3 nitrogen and oxygen atoms in total. The number of hydrogen-bond donors (Lipinski definition) is 1. The van der Waals surface area contributed by atoms with Crippen molar-refractivity contribution in [3.8, 4) is 11.8 Å². The van der Waals surface area contributed by atoms with Crippen LogP contribution in [0.4, 0.5) is 0 Å². The van der Waals surface area contributed by atoms with E-state index in [0.29, 0.717) is 6.54 Å². The molecule has 0 saturated heterocycles. The maximum atomic E-state index is 12.4. The van der Waals surface area contributed by atoms with Gasteiger partial charge < -0.3 is 10.0 Å². The molecule has 1 amide bonds. The van der Waals surface area contributed by atoms with Gasteiger partial charge in [-0.1, -0.05) is 30.0 Å². The molecule has 108 valence electrons. The van der Waals surface area contributed by atoms with Crippen LogP contribution in [-0.4, -0.2) is 29.6 Å². The van der Waals surface area contributed by atoms with Gasteiger partial charge >= 0.3 is 0 Å². The van der Waals surface area contributed by atoms with E-state index in [2.05, 4.69) is 11.8 Å². The molecule has 1 N–H and O–H groups in total. The molecule has 0 radical (unpaired) electrons. The Hall–Kier alpha value is -2.09. The quantitative estimate of drug-likeness (QED) is 0.885. The molecule has 0 fully saturated rings. The number of thiophene rings is 1. The Morgan fingerprint density at radius 2 is 2.10 bits per heavy atom. The number of nitrogens with zero attached hydrogens (tertiary/aromatic N) is 1. The number of carbonyl (C=O) groups excluding carboxylic acids is 1. The number of benzene rings is 1. The lowest BCUT2D eigenvalue weighted by molar-refractivity contribution is 0.0789. The lowest BCUT2D eigenvalue weighted by Crippen LogP contribution is -2.26. The third-order valence-electron chi connectivity index (χ3n) is 3.13. The van der Waals surface area contributed by atoms with Gasteiger partial charge in [0.2, 0.25) is 0 Å². The van der Waals surface area contributed by atoms with Crippen molar-refractivity contribution in [3.63, 3.8) is 0 Å². The maximum absolute atomic E-state index is 12.4. The normalized spacial score (nSPS) is 9.86. The SMILES string of the molecule is Cc1ccsc1C(=O)N(C)Cc1ccccc1C#CCO. The topological polar surface area (TPSA) is 40.5 Å². The van der Waals surface area contributed by atoms with E-state index in [9.17, 15) is 4.79 Å². The molecule has 0 spiro atoms. The number of aliphatic hydroxyl groups excluding tert-OH is 1. The summed E-state index contributed by atoms with van der Waals surface area (Å²) in [6.07, 6.45) is 0. The average Bonchev–Trinajstić information content (AvgIpc) is 2.91. The van der Waals surface area contributed by atoms with E-state index >= 15 is 0 Å². The minimum atomic E-state index is -0.169. The van der Waals surface area contributed by atoms with Crippen LogP contribution in [0.5, 0.6) is 0 Å². The van der Waals surface area contributed by atoms with Gasteiger partial charge in [0, 0.05) is 19.2 Å². The van der Waals surface area contributed by atoms with Crippen LogP contribution in [0, 0.1) is 18.8 Å². The van der Waals surface area contributed by atoms with Crippen LogP contribution in [0.25, 0.3) is 0 Å². The number of aryl methyl sites for hydroxylation is 1. The summed E-state index contributed by atoms with van der Waals surface area (Å²) < 4.78 is 0. The summed E-state index contributed by atoms with van der Waals surface area (Å²) in [4.78, 5) is 14.9. The Morgan fingerprint density at radius 1 is 1.33 bits per heavy atom. The van der Waals surface area contributed by atoms with Gasteiger partial charge in [0.1, 0.15) is 6.61 Å². The first kappa shape index (κ1) is 15.3. The predicted molar refractivity (Wildman–Crippen MR) is 85.3 cm³/mol. The van der Waals surface area contributed by atoms with Crippen molar-refractivity contribution < 1.29 is 9.90 Å². The zero-order valence-corrected chi connectivity index (χ0v) is 12.9. The Morgan fingerprint density at radius 3 is 2.76 bits per heavy atom. The van der Waals surface area contributed by atoms with Gasteiger partial charge in [-0.3, -0.25) is 4.79 Å². The molecule has 0 bridgehead atoms. The van der Waals surface area contributed by atoms with E-state index in [1.54, 1.807) is 11.9 Å². The molecule has 0 saturated carbocycles.